The lowest BCUT2D eigenvalue weighted by Crippen LogP contribution is -2.50. The van der Waals surface area contributed by atoms with Crippen molar-refractivity contribution in [1.29, 1.82) is 0 Å². The molecule has 0 saturated carbocycles. The van der Waals surface area contributed by atoms with Crippen LogP contribution in [0.2, 0.25) is 5.02 Å². The minimum Gasteiger partial charge on any atom is -0.323 e. The van der Waals surface area contributed by atoms with E-state index in [1.54, 1.807) is 48.5 Å². The molecule has 0 saturated heterocycles. The predicted molar refractivity (Wildman–Crippen MR) is 118 cm³/mol. The van der Waals surface area contributed by atoms with Crippen LogP contribution in [0.4, 0.5) is 5.69 Å². The normalized spacial score (nSPS) is 16.7. The molecule has 1 unspecified atom stereocenters. The molecule has 1 amide bonds. The third-order valence-electron chi connectivity index (χ3n) is 5.27. The summed E-state index contributed by atoms with van der Waals surface area (Å²) in [6, 6.07) is 20.3. The Bertz CT molecular complexity index is 1190. The van der Waals surface area contributed by atoms with Gasteiger partial charge in [-0.15, -0.1) is 0 Å². The zero-order chi connectivity index (χ0) is 21.3. The molecule has 3 aromatic carbocycles. The number of carbonyl (C=O) groups excluding carboxylic acids is 1. The van der Waals surface area contributed by atoms with Crippen LogP contribution in [0.25, 0.3) is 0 Å². The Morgan fingerprint density at radius 2 is 1.60 bits per heavy atom. The zero-order valence-corrected chi connectivity index (χ0v) is 18.0. The minimum atomic E-state index is -3.88. The lowest BCUT2D eigenvalue weighted by atomic mass is 9.95. The minimum absolute atomic E-state index is 0.132. The van der Waals surface area contributed by atoms with Crippen molar-refractivity contribution < 1.29 is 13.2 Å². The molecule has 1 aliphatic heterocycles. The molecule has 154 valence electrons. The van der Waals surface area contributed by atoms with Gasteiger partial charge in [0.05, 0.1) is 15.6 Å². The summed E-state index contributed by atoms with van der Waals surface area (Å²) < 4.78 is 28.2. The second kappa shape index (κ2) is 8.22. The number of para-hydroxylation sites is 1. The quantitative estimate of drug-likeness (QED) is 0.653. The molecule has 0 aliphatic carbocycles. The highest BCUT2D eigenvalue weighted by molar-refractivity contribution is 7.89. The molecule has 1 heterocycles. The average Bonchev–Trinajstić information content (AvgIpc) is 2.74. The lowest BCUT2D eigenvalue weighted by molar-refractivity contribution is -0.120. The number of fused-ring (bicyclic) bond motifs is 1. The van der Waals surface area contributed by atoms with Gasteiger partial charge >= 0.3 is 0 Å². The van der Waals surface area contributed by atoms with Gasteiger partial charge < -0.3 is 5.32 Å². The third-order valence-corrected chi connectivity index (χ3v) is 7.47. The van der Waals surface area contributed by atoms with Crippen LogP contribution in [0.15, 0.2) is 77.7 Å². The molecule has 0 fully saturated rings. The molecular weight excluding hydrogens is 420 g/mol. The van der Waals surface area contributed by atoms with E-state index in [1.165, 1.54) is 4.31 Å². The van der Waals surface area contributed by atoms with Crippen LogP contribution >= 0.6 is 11.6 Å². The lowest BCUT2D eigenvalue weighted by Gasteiger charge is -2.35. The molecular formula is C23H21ClN2O3S. The van der Waals surface area contributed by atoms with Crippen molar-refractivity contribution in [3.63, 3.8) is 0 Å². The van der Waals surface area contributed by atoms with E-state index in [0.717, 1.165) is 16.7 Å². The second-order valence-corrected chi connectivity index (χ2v) is 9.62. The average molecular weight is 441 g/mol. The van der Waals surface area contributed by atoms with E-state index in [1.807, 2.05) is 31.2 Å². The Labute approximate surface area is 181 Å². The number of hydrogen-bond donors (Lipinski definition) is 1. The molecule has 1 aliphatic rings. The first-order valence-electron chi connectivity index (χ1n) is 9.57. The maximum Gasteiger partial charge on any atom is 0.244 e. The van der Waals surface area contributed by atoms with Gasteiger partial charge in [-0.2, -0.15) is 4.31 Å². The summed E-state index contributed by atoms with van der Waals surface area (Å²) in [5.41, 5.74) is 3.28. The number of carbonyl (C=O) groups is 1. The Hall–Kier alpha value is -2.67. The first kappa shape index (κ1) is 20.6. The van der Waals surface area contributed by atoms with Crippen LogP contribution in [0, 0.1) is 6.92 Å². The Morgan fingerprint density at radius 3 is 2.30 bits per heavy atom. The summed E-state index contributed by atoms with van der Waals surface area (Å²) in [5.74, 6) is -0.409. The van der Waals surface area contributed by atoms with Crippen LogP contribution in [0.3, 0.4) is 0 Å². The topological polar surface area (TPSA) is 66.5 Å². The first-order valence-corrected chi connectivity index (χ1v) is 11.4. The van der Waals surface area contributed by atoms with Crippen molar-refractivity contribution in [3.8, 4) is 0 Å². The summed E-state index contributed by atoms with van der Waals surface area (Å²) in [6.07, 6.45) is 0.289. The van der Waals surface area contributed by atoms with Gasteiger partial charge in [-0.1, -0.05) is 65.7 Å². The van der Waals surface area contributed by atoms with E-state index >= 15 is 0 Å². The number of benzene rings is 3. The molecule has 30 heavy (non-hydrogen) atoms. The van der Waals surface area contributed by atoms with Crippen molar-refractivity contribution in [2.45, 2.75) is 30.8 Å². The Balaban J connectivity index is 1.73. The Morgan fingerprint density at radius 1 is 0.967 bits per heavy atom. The van der Waals surface area contributed by atoms with Crippen molar-refractivity contribution in [3.05, 3.63) is 94.5 Å². The summed E-state index contributed by atoms with van der Waals surface area (Å²) >= 11 is 6.18. The number of aryl methyl sites for hydroxylation is 1. The summed E-state index contributed by atoms with van der Waals surface area (Å²) in [5, 5.41) is 3.19. The number of rotatable bonds is 4. The largest absolute Gasteiger partial charge is 0.323 e. The number of nitrogens with zero attached hydrogens (tertiary/aromatic N) is 1. The van der Waals surface area contributed by atoms with Crippen molar-refractivity contribution in [2.24, 2.45) is 0 Å². The molecule has 5 nitrogen and oxygen atoms in total. The number of halogens is 1. The summed E-state index contributed by atoms with van der Waals surface area (Å²) in [4.78, 5) is 13.4. The van der Waals surface area contributed by atoms with Crippen LogP contribution in [0.1, 0.15) is 16.7 Å². The van der Waals surface area contributed by atoms with Gasteiger partial charge in [0.1, 0.15) is 6.04 Å². The molecule has 0 aromatic heterocycles. The fraction of sp³-hybridized carbons (Fsp3) is 0.174. The number of hydrogen-bond acceptors (Lipinski definition) is 3. The van der Waals surface area contributed by atoms with Crippen LogP contribution < -0.4 is 5.32 Å². The molecule has 7 heteroatoms. The molecule has 1 atom stereocenters. The van der Waals surface area contributed by atoms with E-state index in [2.05, 4.69) is 5.32 Å². The molecule has 0 bridgehead atoms. The standard InChI is InChI=1S/C23H21ClN2O3S/c1-16-10-12-19(13-11-16)30(28,29)26-15-18-7-3-2-6-17(18)14-22(26)23(27)25-21-9-5-4-8-20(21)24/h2-13,22H,14-15H2,1H3,(H,25,27). The summed E-state index contributed by atoms with van der Waals surface area (Å²) in [7, 11) is -3.88. The van der Waals surface area contributed by atoms with Gasteiger partial charge in [0.25, 0.3) is 0 Å². The predicted octanol–water partition coefficient (Wildman–Crippen LogP) is 4.40. The number of anilines is 1. The van der Waals surface area contributed by atoms with Crippen LogP contribution in [-0.2, 0) is 27.8 Å². The molecule has 0 spiro atoms. The molecule has 0 radical (unpaired) electrons. The van der Waals surface area contributed by atoms with Crippen molar-refractivity contribution in [1.82, 2.24) is 4.31 Å². The van der Waals surface area contributed by atoms with E-state index in [4.69, 9.17) is 11.6 Å². The fourth-order valence-electron chi connectivity index (χ4n) is 3.60. The fourth-order valence-corrected chi connectivity index (χ4v) is 5.35. The van der Waals surface area contributed by atoms with Gasteiger partial charge in [-0.25, -0.2) is 8.42 Å². The Kier molecular flexibility index (Phi) is 5.64. The van der Waals surface area contributed by atoms with E-state index in [0.29, 0.717) is 10.7 Å². The smallest absolute Gasteiger partial charge is 0.244 e. The highest BCUT2D eigenvalue weighted by Gasteiger charge is 2.39. The number of sulfonamides is 1. The molecule has 4 rings (SSSR count). The van der Waals surface area contributed by atoms with Crippen LogP contribution in [-0.4, -0.2) is 24.7 Å². The third kappa shape index (κ3) is 3.99. The second-order valence-electron chi connectivity index (χ2n) is 7.32. The van der Waals surface area contributed by atoms with Gasteiger partial charge in [0.15, 0.2) is 0 Å². The monoisotopic (exact) mass is 440 g/mol. The summed E-state index contributed by atoms with van der Waals surface area (Å²) in [6.45, 7) is 2.03. The maximum atomic E-state index is 13.5. The maximum absolute atomic E-state index is 13.5. The van der Waals surface area contributed by atoms with Crippen molar-refractivity contribution >= 4 is 33.2 Å². The highest BCUT2D eigenvalue weighted by Crippen LogP contribution is 2.30. The highest BCUT2D eigenvalue weighted by atomic mass is 35.5. The van der Waals surface area contributed by atoms with Gasteiger partial charge in [0.2, 0.25) is 15.9 Å². The first-order chi connectivity index (χ1) is 14.4. The zero-order valence-electron chi connectivity index (χ0n) is 16.4. The van der Waals surface area contributed by atoms with E-state index in [-0.39, 0.29) is 17.9 Å². The van der Waals surface area contributed by atoms with Gasteiger partial charge in [0, 0.05) is 6.54 Å². The van der Waals surface area contributed by atoms with Crippen molar-refractivity contribution in [2.75, 3.05) is 5.32 Å². The number of nitrogens with one attached hydrogen (secondary N) is 1. The van der Waals surface area contributed by atoms with E-state index in [9.17, 15) is 13.2 Å². The van der Waals surface area contributed by atoms with Gasteiger partial charge in [-0.05, 0) is 48.7 Å². The van der Waals surface area contributed by atoms with E-state index < -0.39 is 22.0 Å². The number of amides is 1. The SMILES string of the molecule is Cc1ccc(S(=O)(=O)N2Cc3ccccc3CC2C(=O)Nc2ccccc2Cl)cc1. The molecule has 1 N–H and O–H groups in total. The van der Waals surface area contributed by atoms with Crippen LogP contribution in [0.5, 0.6) is 0 Å². The molecule has 3 aromatic rings. The van der Waals surface area contributed by atoms with Gasteiger partial charge in [-0.3, -0.25) is 4.79 Å².